The molecule has 2 heterocycles. The molecule has 44 valence electrons. The molecule has 0 aliphatic carbocycles. The van der Waals surface area contributed by atoms with Gasteiger partial charge in [0.25, 0.3) is 6.23 Å². The topological polar surface area (TPSA) is 12.2 Å². The molecule has 2 bridgehead atoms. The third-order valence-corrected chi connectivity index (χ3v) is 1.89. The monoisotopic (exact) mass is 112 g/mol. The van der Waals surface area contributed by atoms with Gasteiger partial charge in [0.2, 0.25) is 0 Å². The number of ether oxygens (including phenoxy) is 1. The first-order valence-electron chi connectivity index (χ1n) is 3.08. The van der Waals surface area contributed by atoms with E-state index in [-0.39, 0.29) is 0 Å². The summed E-state index contributed by atoms with van der Waals surface area (Å²) in [5, 5.41) is 0. The summed E-state index contributed by atoms with van der Waals surface area (Å²) in [5.74, 6) is 0. The first-order valence-corrected chi connectivity index (χ1v) is 3.08. The first-order chi connectivity index (χ1) is 3.86. The van der Waals surface area contributed by atoms with Crippen molar-refractivity contribution >= 4 is 6.21 Å². The van der Waals surface area contributed by atoms with Crippen molar-refractivity contribution in [3.05, 3.63) is 0 Å². The van der Waals surface area contributed by atoms with Crippen LogP contribution in [0.4, 0.5) is 0 Å². The Morgan fingerprint density at radius 1 is 1.62 bits per heavy atom. The minimum atomic E-state index is 0.417. The molecule has 0 aromatic heterocycles. The van der Waals surface area contributed by atoms with E-state index in [1.165, 1.54) is 12.8 Å². The van der Waals surface area contributed by atoms with Gasteiger partial charge in [-0.15, -0.1) is 0 Å². The van der Waals surface area contributed by atoms with E-state index in [2.05, 4.69) is 17.8 Å². The van der Waals surface area contributed by atoms with E-state index in [9.17, 15) is 0 Å². The molecule has 0 radical (unpaired) electrons. The number of hydrogen-bond donors (Lipinski definition) is 0. The summed E-state index contributed by atoms with van der Waals surface area (Å²) in [6, 6.07) is 0. The molecule has 2 heteroatoms. The van der Waals surface area contributed by atoms with Gasteiger partial charge in [0.1, 0.15) is 13.2 Å². The maximum Gasteiger partial charge on any atom is 0.257 e. The van der Waals surface area contributed by atoms with Crippen molar-refractivity contribution in [2.45, 2.75) is 25.2 Å². The van der Waals surface area contributed by atoms with Crippen molar-refractivity contribution < 1.29 is 9.31 Å². The highest BCUT2D eigenvalue weighted by molar-refractivity contribution is 5.59. The number of rotatable bonds is 0. The van der Waals surface area contributed by atoms with E-state index in [1.807, 2.05) is 0 Å². The van der Waals surface area contributed by atoms with Crippen molar-refractivity contribution in [2.75, 3.05) is 7.05 Å². The van der Waals surface area contributed by atoms with Crippen LogP contribution in [-0.2, 0) is 4.74 Å². The fourth-order valence-corrected chi connectivity index (χ4v) is 1.41. The lowest BCUT2D eigenvalue weighted by molar-refractivity contribution is -0.564. The minimum Gasteiger partial charge on any atom is -0.307 e. The summed E-state index contributed by atoms with van der Waals surface area (Å²) in [6.07, 6.45) is 5.48. The highest BCUT2D eigenvalue weighted by Crippen LogP contribution is 2.22. The molecule has 0 aromatic rings. The second-order valence-electron chi connectivity index (χ2n) is 2.52. The van der Waals surface area contributed by atoms with Crippen molar-refractivity contribution in [3.63, 3.8) is 0 Å². The zero-order valence-electron chi connectivity index (χ0n) is 5.00. The largest absolute Gasteiger partial charge is 0.307 e. The summed E-state index contributed by atoms with van der Waals surface area (Å²) in [4.78, 5) is 0. The van der Waals surface area contributed by atoms with Crippen LogP contribution < -0.4 is 0 Å². The van der Waals surface area contributed by atoms with Crippen LogP contribution in [0.25, 0.3) is 0 Å². The Hall–Kier alpha value is -0.370. The van der Waals surface area contributed by atoms with Crippen LogP contribution >= 0.6 is 0 Å². The van der Waals surface area contributed by atoms with Crippen LogP contribution in [0.1, 0.15) is 12.8 Å². The van der Waals surface area contributed by atoms with Gasteiger partial charge in [-0.25, -0.2) is 4.58 Å². The maximum absolute atomic E-state index is 5.45. The number of hydrogen-bond acceptors (Lipinski definition) is 1. The average molecular weight is 112 g/mol. The Labute approximate surface area is 48.8 Å². The minimum absolute atomic E-state index is 0.417. The molecule has 1 saturated heterocycles. The molecular formula is C6H10NO+. The van der Waals surface area contributed by atoms with E-state index < -0.39 is 0 Å². The summed E-state index contributed by atoms with van der Waals surface area (Å²) in [7, 11) is 2.07. The van der Waals surface area contributed by atoms with Crippen LogP contribution in [0.3, 0.4) is 0 Å². The molecule has 2 nitrogen and oxygen atoms in total. The zero-order valence-corrected chi connectivity index (χ0v) is 5.00. The third kappa shape index (κ3) is 0.436. The number of nitrogens with zero attached hydrogens (tertiary/aromatic N) is 1. The first kappa shape index (κ1) is 4.50. The molecule has 0 N–H and O–H groups in total. The molecule has 8 heavy (non-hydrogen) atoms. The molecule has 1 fully saturated rings. The Morgan fingerprint density at radius 2 is 2.50 bits per heavy atom. The van der Waals surface area contributed by atoms with Crippen LogP contribution in [0, 0.1) is 0 Å². The molecule has 0 saturated carbocycles. The van der Waals surface area contributed by atoms with E-state index in [0.29, 0.717) is 12.3 Å². The van der Waals surface area contributed by atoms with E-state index in [4.69, 9.17) is 4.74 Å². The van der Waals surface area contributed by atoms with Crippen molar-refractivity contribution in [1.82, 2.24) is 0 Å². The third-order valence-electron chi connectivity index (χ3n) is 1.89. The summed E-state index contributed by atoms with van der Waals surface area (Å²) in [5.41, 5.74) is 0. The summed E-state index contributed by atoms with van der Waals surface area (Å²) >= 11 is 0. The van der Waals surface area contributed by atoms with Crippen molar-refractivity contribution in [3.8, 4) is 0 Å². The normalized spacial score (nSPS) is 42.9. The molecule has 0 spiro atoms. The lowest BCUT2D eigenvalue weighted by atomic mass is 10.2. The van der Waals surface area contributed by atoms with E-state index in [1.54, 1.807) is 0 Å². The van der Waals surface area contributed by atoms with Crippen molar-refractivity contribution in [1.29, 1.82) is 0 Å². The summed E-state index contributed by atoms with van der Waals surface area (Å²) < 4.78 is 7.62. The molecule has 2 aliphatic heterocycles. The van der Waals surface area contributed by atoms with Crippen LogP contribution in [0.5, 0.6) is 0 Å². The highest BCUT2D eigenvalue weighted by Gasteiger charge is 2.38. The predicted molar refractivity (Wildman–Crippen MR) is 30.1 cm³/mol. The fourth-order valence-electron chi connectivity index (χ4n) is 1.41. The fraction of sp³-hybridized carbons (Fsp3) is 0.833. The van der Waals surface area contributed by atoms with Gasteiger partial charge < -0.3 is 4.74 Å². The molecule has 2 aliphatic rings. The van der Waals surface area contributed by atoms with Gasteiger partial charge in [-0.05, 0) is 6.42 Å². The smallest absolute Gasteiger partial charge is 0.257 e. The van der Waals surface area contributed by atoms with Crippen LogP contribution in [0.15, 0.2) is 0 Å². The molecular weight excluding hydrogens is 102 g/mol. The molecule has 2 rings (SSSR count). The molecule has 2 unspecified atom stereocenters. The van der Waals surface area contributed by atoms with Gasteiger partial charge in [-0.3, -0.25) is 0 Å². The van der Waals surface area contributed by atoms with Crippen LogP contribution in [-0.4, -0.2) is 30.2 Å². The highest BCUT2D eigenvalue weighted by atomic mass is 16.5. The van der Waals surface area contributed by atoms with E-state index in [0.717, 1.165) is 0 Å². The van der Waals surface area contributed by atoms with Crippen molar-refractivity contribution in [2.24, 2.45) is 0 Å². The Kier molecular flexibility index (Phi) is 0.742. The average Bonchev–Trinajstić information content (AvgIpc) is 2.23. The number of fused-ring (bicyclic) bond motifs is 2. The second-order valence-corrected chi connectivity index (χ2v) is 2.52. The van der Waals surface area contributed by atoms with Gasteiger partial charge in [0.05, 0.1) is 0 Å². The summed E-state index contributed by atoms with van der Waals surface area (Å²) in [6.45, 7) is 0. The molecule has 2 atom stereocenters. The quantitative estimate of drug-likeness (QED) is 0.408. The zero-order chi connectivity index (χ0) is 5.56. The SMILES string of the molecule is C[N+]1=CC2CCC1O2. The lowest BCUT2D eigenvalue weighted by Crippen LogP contribution is -2.18. The Morgan fingerprint density at radius 3 is 2.75 bits per heavy atom. The van der Waals surface area contributed by atoms with E-state index >= 15 is 0 Å². The standard InChI is InChI=1S/C6H10NO/c1-7-4-5-2-3-6(7)8-5/h4-6H,2-3H2,1H3/q+1. The predicted octanol–water partition coefficient (Wildman–Crippen LogP) is 0.218. The van der Waals surface area contributed by atoms with Crippen LogP contribution in [0.2, 0.25) is 0 Å². The lowest BCUT2D eigenvalue weighted by Gasteiger charge is -1.97. The van der Waals surface area contributed by atoms with Gasteiger partial charge in [-0.2, -0.15) is 0 Å². The maximum atomic E-state index is 5.45. The Bertz CT molecular complexity index is 141. The van der Waals surface area contributed by atoms with Gasteiger partial charge in [0.15, 0.2) is 6.21 Å². The van der Waals surface area contributed by atoms with Gasteiger partial charge in [0, 0.05) is 6.42 Å². The Balaban J connectivity index is 2.29. The second kappa shape index (κ2) is 1.32. The van der Waals surface area contributed by atoms with Gasteiger partial charge in [-0.1, -0.05) is 0 Å². The molecule has 0 amide bonds. The van der Waals surface area contributed by atoms with Gasteiger partial charge >= 0.3 is 0 Å². The molecule has 0 aromatic carbocycles.